The Labute approximate surface area is 114 Å². The second kappa shape index (κ2) is 6.99. The summed E-state index contributed by atoms with van der Waals surface area (Å²) < 4.78 is 0.776. The number of halogens is 2. The zero-order chi connectivity index (χ0) is 12.8. The van der Waals surface area contributed by atoms with Crippen LogP contribution in [0.15, 0.2) is 22.7 Å². The normalized spacial score (nSPS) is 12.2. The molecule has 0 saturated heterocycles. The van der Waals surface area contributed by atoms with Gasteiger partial charge in [0.15, 0.2) is 0 Å². The summed E-state index contributed by atoms with van der Waals surface area (Å²) in [6.07, 6.45) is 0.680. The van der Waals surface area contributed by atoms with Gasteiger partial charge in [0.2, 0.25) is 0 Å². The van der Waals surface area contributed by atoms with Crippen molar-refractivity contribution < 1.29 is 9.90 Å². The van der Waals surface area contributed by atoms with Crippen LogP contribution in [0.3, 0.4) is 0 Å². The quantitative estimate of drug-likeness (QED) is 0.876. The molecule has 0 bridgehead atoms. The van der Waals surface area contributed by atoms with Gasteiger partial charge in [-0.15, -0.1) is 0 Å². The number of aliphatic hydroxyl groups excluding tert-OH is 1. The molecule has 0 aromatic heterocycles. The van der Waals surface area contributed by atoms with Crippen molar-refractivity contribution in [2.75, 3.05) is 13.2 Å². The molecular weight excluding hydrogens is 305 g/mol. The Hall–Kier alpha value is -0.580. The third-order valence-electron chi connectivity index (χ3n) is 2.36. The maximum absolute atomic E-state index is 11.8. The Balaban J connectivity index is 2.58. The molecule has 1 aromatic carbocycles. The minimum atomic E-state index is -0.155. The highest BCUT2D eigenvalue weighted by Crippen LogP contribution is 2.19. The van der Waals surface area contributed by atoms with Crippen LogP contribution < -0.4 is 5.32 Å². The summed E-state index contributed by atoms with van der Waals surface area (Å²) in [7, 11) is 0. The number of hydrogen-bond acceptors (Lipinski definition) is 2. The molecule has 0 radical (unpaired) electrons. The molecule has 0 saturated carbocycles. The third-order valence-corrected chi connectivity index (χ3v) is 3.03. The topological polar surface area (TPSA) is 49.3 Å². The molecule has 0 aliphatic heterocycles. The van der Waals surface area contributed by atoms with E-state index in [1.165, 1.54) is 0 Å². The summed E-state index contributed by atoms with van der Waals surface area (Å²) >= 11 is 9.15. The molecule has 1 aromatic rings. The molecule has 1 amide bonds. The molecular formula is C12H15BrClNO2. The summed E-state index contributed by atoms with van der Waals surface area (Å²) in [5.41, 5.74) is 0.528. The fourth-order valence-corrected chi connectivity index (χ4v) is 2.24. The van der Waals surface area contributed by atoms with Crippen molar-refractivity contribution in [1.29, 1.82) is 0 Å². The first-order chi connectivity index (χ1) is 8.02. The Morgan fingerprint density at radius 3 is 2.82 bits per heavy atom. The van der Waals surface area contributed by atoms with Gasteiger partial charge in [0.1, 0.15) is 0 Å². The van der Waals surface area contributed by atoms with Crippen LogP contribution in [-0.2, 0) is 0 Å². The van der Waals surface area contributed by atoms with Crippen molar-refractivity contribution in [3.8, 4) is 0 Å². The summed E-state index contributed by atoms with van der Waals surface area (Å²) in [5.74, 6) is 0.101. The standard InChI is InChI=1S/C12H15BrClNO2/c1-8(2-3-16)7-15-12(17)9-4-10(13)6-11(14)5-9/h4-6,8,16H,2-3,7H2,1H3,(H,15,17). The minimum absolute atomic E-state index is 0.139. The van der Waals surface area contributed by atoms with Gasteiger partial charge in [-0.2, -0.15) is 0 Å². The van der Waals surface area contributed by atoms with Gasteiger partial charge >= 0.3 is 0 Å². The van der Waals surface area contributed by atoms with E-state index < -0.39 is 0 Å². The van der Waals surface area contributed by atoms with E-state index in [9.17, 15) is 4.79 Å². The first-order valence-corrected chi connectivity index (χ1v) is 6.55. The van der Waals surface area contributed by atoms with E-state index in [2.05, 4.69) is 21.2 Å². The number of nitrogens with one attached hydrogen (secondary N) is 1. The van der Waals surface area contributed by atoms with Crippen LogP contribution in [-0.4, -0.2) is 24.2 Å². The van der Waals surface area contributed by atoms with Crippen LogP contribution in [0.25, 0.3) is 0 Å². The molecule has 0 aliphatic rings. The third kappa shape index (κ3) is 5.06. The summed E-state index contributed by atoms with van der Waals surface area (Å²) in [4.78, 5) is 11.8. The van der Waals surface area contributed by atoms with Gasteiger partial charge in [-0.3, -0.25) is 4.79 Å². The molecule has 3 nitrogen and oxygen atoms in total. The lowest BCUT2D eigenvalue weighted by molar-refractivity contribution is 0.0945. The zero-order valence-electron chi connectivity index (χ0n) is 9.54. The second-order valence-electron chi connectivity index (χ2n) is 3.99. The summed E-state index contributed by atoms with van der Waals surface area (Å²) in [6, 6.07) is 5.07. The van der Waals surface area contributed by atoms with E-state index >= 15 is 0 Å². The van der Waals surface area contributed by atoms with Gasteiger partial charge in [-0.1, -0.05) is 34.5 Å². The number of aliphatic hydroxyl groups is 1. The van der Waals surface area contributed by atoms with E-state index in [4.69, 9.17) is 16.7 Å². The minimum Gasteiger partial charge on any atom is -0.396 e. The molecule has 0 aliphatic carbocycles. The molecule has 0 spiro atoms. The fourth-order valence-electron chi connectivity index (χ4n) is 1.38. The average Bonchev–Trinajstić information content (AvgIpc) is 2.25. The Morgan fingerprint density at radius 2 is 2.24 bits per heavy atom. The lowest BCUT2D eigenvalue weighted by Gasteiger charge is -2.11. The molecule has 1 atom stereocenters. The predicted molar refractivity (Wildman–Crippen MR) is 72.4 cm³/mol. The van der Waals surface area contributed by atoms with Gasteiger partial charge < -0.3 is 10.4 Å². The van der Waals surface area contributed by atoms with Crippen LogP contribution in [0.1, 0.15) is 23.7 Å². The molecule has 94 valence electrons. The fraction of sp³-hybridized carbons (Fsp3) is 0.417. The zero-order valence-corrected chi connectivity index (χ0v) is 11.9. The van der Waals surface area contributed by atoms with Crippen LogP contribution in [0.4, 0.5) is 0 Å². The summed E-state index contributed by atoms with van der Waals surface area (Å²) in [5, 5.41) is 12.1. The van der Waals surface area contributed by atoms with Gasteiger partial charge in [0.05, 0.1) is 0 Å². The lowest BCUT2D eigenvalue weighted by atomic mass is 10.1. The van der Waals surface area contributed by atoms with Gasteiger partial charge in [0.25, 0.3) is 5.91 Å². The Kier molecular flexibility index (Phi) is 5.95. The first-order valence-electron chi connectivity index (χ1n) is 5.38. The molecule has 1 unspecified atom stereocenters. The Morgan fingerprint density at radius 1 is 1.53 bits per heavy atom. The molecule has 1 rings (SSSR count). The van der Waals surface area contributed by atoms with Crippen LogP contribution in [0, 0.1) is 5.92 Å². The van der Waals surface area contributed by atoms with E-state index in [-0.39, 0.29) is 18.4 Å². The number of rotatable bonds is 5. The monoisotopic (exact) mass is 319 g/mol. The smallest absolute Gasteiger partial charge is 0.251 e. The molecule has 2 N–H and O–H groups in total. The van der Waals surface area contributed by atoms with E-state index in [0.29, 0.717) is 23.6 Å². The summed E-state index contributed by atoms with van der Waals surface area (Å²) in [6.45, 7) is 2.66. The lowest BCUT2D eigenvalue weighted by Crippen LogP contribution is -2.28. The maximum Gasteiger partial charge on any atom is 0.251 e. The van der Waals surface area contributed by atoms with Crippen molar-refractivity contribution in [3.05, 3.63) is 33.3 Å². The molecule has 17 heavy (non-hydrogen) atoms. The molecule has 5 heteroatoms. The van der Waals surface area contributed by atoms with Gasteiger partial charge in [-0.05, 0) is 30.5 Å². The van der Waals surface area contributed by atoms with Crippen LogP contribution >= 0.6 is 27.5 Å². The number of carbonyl (C=O) groups excluding carboxylic acids is 1. The average molecular weight is 321 g/mol. The SMILES string of the molecule is CC(CCO)CNC(=O)c1cc(Cl)cc(Br)c1. The van der Waals surface area contributed by atoms with Gasteiger partial charge in [0, 0.05) is 28.2 Å². The van der Waals surface area contributed by atoms with Crippen molar-refractivity contribution in [2.45, 2.75) is 13.3 Å². The van der Waals surface area contributed by atoms with Crippen molar-refractivity contribution in [2.24, 2.45) is 5.92 Å². The number of carbonyl (C=O) groups is 1. The molecule has 0 heterocycles. The van der Waals surface area contributed by atoms with E-state index in [1.54, 1.807) is 18.2 Å². The highest BCUT2D eigenvalue weighted by molar-refractivity contribution is 9.10. The number of amides is 1. The largest absolute Gasteiger partial charge is 0.396 e. The highest BCUT2D eigenvalue weighted by atomic mass is 79.9. The predicted octanol–water partition coefficient (Wildman–Crippen LogP) is 2.85. The Bertz CT molecular complexity index is 378. The van der Waals surface area contributed by atoms with Crippen molar-refractivity contribution >= 4 is 33.4 Å². The van der Waals surface area contributed by atoms with Crippen molar-refractivity contribution in [3.63, 3.8) is 0 Å². The van der Waals surface area contributed by atoms with Crippen LogP contribution in [0.5, 0.6) is 0 Å². The maximum atomic E-state index is 11.8. The van der Waals surface area contributed by atoms with Crippen LogP contribution in [0.2, 0.25) is 5.02 Å². The van der Waals surface area contributed by atoms with E-state index in [0.717, 1.165) is 4.47 Å². The van der Waals surface area contributed by atoms with Gasteiger partial charge in [-0.25, -0.2) is 0 Å². The van der Waals surface area contributed by atoms with Crippen molar-refractivity contribution in [1.82, 2.24) is 5.32 Å². The molecule has 0 fully saturated rings. The highest BCUT2D eigenvalue weighted by Gasteiger charge is 2.09. The number of benzene rings is 1. The second-order valence-corrected chi connectivity index (χ2v) is 5.34. The van der Waals surface area contributed by atoms with E-state index in [1.807, 2.05) is 6.92 Å². The number of hydrogen-bond donors (Lipinski definition) is 2. The first kappa shape index (κ1) is 14.5.